The van der Waals surface area contributed by atoms with E-state index in [1.54, 1.807) is 7.11 Å². The maximum absolute atomic E-state index is 13.1. The highest BCUT2D eigenvalue weighted by molar-refractivity contribution is 5.77. The molecule has 8 heteroatoms. The third-order valence-corrected chi connectivity index (χ3v) is 6.52. The van der Waals surface area contributed by atoms with E-state index in [2.05, 4.69) is 37.3 Å². The molecule has 142 valence electrons. The second kappa shape index (κ2) is 6.60. The van der Waals surface area contributed by atoms with Crippen LogP contribution in [-0.4, -0.2) is 74.7 Å². The molecule has 3 atom stereocenters. The zero-order chi connectivity index (χ0) is 18.4. The summed E-state index contributed by atoms with van der Waals surface area (Å²) in [5, 5.41) is 11.6. The normalized spacial score (nSPS) is 31.7. The lowest BCUT2D eigenvalue weighted by molar-refractivity contribution is -0.137. The number of hydrogen-bond donors (Lipinski definition) is 0. The van der Waals surface area contributed by atoms with Crippen molar-refractivity contribution < 1.29 is 9.53 Å². The zero-order valence-corrected chi connectivity index (χ0v) is 15.4. The van der Waals surface area contributed by atoms with Gasteiger partial charge in [0.1, 0.15) is 12.3 Å². The van der Waals surface area contributed by atoms with E-state index in [1.165, 1.54) is 29.5 Å². The quantitative estimate of drug-likeness (QED) is 0.793. The summed E-state index contributed by atoms with van der Waals surface area (Å²) in [6, 6.07) is 8.86. The van der Waals surface area contributed by atoms with E-state index in [4.69, 9.17) is 4.74 Å². The van der Waals surface area contributed by atoms with Crippen molar-refractivity contribution in [3.63, 3.8) is 0 Å². The highest BCUT2D eigenvalue weighted by Gasteiger charge is 2.55. The minimum Gasteiger partial charge on any atom is -0.496 e. The van der Waals surface area contributed by atoms with Crippen molar-refractivity contribution in [2.24, 2.45) is 5.92 Å². The third kappa shape index (κ3) is 2.70. The largest absolute Gasteiger partial charge is 0.496 e. The Morgan fingerprint density at radius 3 is 2.78 bits per heavy atom. The number of methoxy groups -OCH3 is 1. The van der Waals surface area contributed by atoms with Crippen LogP contribution in [0.25, 0.3) is 0 Å². The number of fused-ring (bicyclic) bond motifs is 2. The van der Waals surface area contributed by atoms with Crippen molar-refractivity contribution in [1.29, 1.82) is 0 Å². The number of para-hydroxylation sites is 1. The number of rotatable bonds is 4. The topological polar surface area (TPSA) is 76.4 Å². The molecule has 4 aliphatic heterocycles. The van der Waals surface area contributed by atoms with Crippen LogP contribution in [0.4, 0.5) is 0 Å². The molecule has 4 saturated heterocycles. The average Bonchev–Trinajstić information content (AvgIpc) is 3.37. The van der Waals surface area contributed by atoms with Gasteiger partial charge in [-0.05, 0) is 43.1 Å². The van der Waals surface area contributed by atoms with Crippen LogP contribution in [0.5, 0.6) is 5.75 Å². The van der Waals surface area contributed by atoms with Gasteiger partial charge in [-0.2, -0.15) is 4.80 Å². The second-order valence-electron chi connectivity index (χ2n) is 7.72. The fraction of sp³-hybridized carbons (Fsp3) is 0.579. The van der Waals surface area contributed by atoms with Gasteiger partial charge in [0.05, 0.1) is 13.2 Å². The fourth-order valence-corrected chi connectivity index (χ4v) is 5.42. The van der Waals surface area contributed by atoms with Crippen molar-refractivity contribution in [1.82, 2.24) is 30.0 Å². The number of benzene rings is 1. The maximum Gasteiger partial charge on any atom is 0.246 e. The lowest BCUT2D eigenvalue weighted by atomic mass is 9.75. The molecule has 6 rings (SSSR count). The highest BCUT2D eigenvalue weighted by Crippen LogP contribution is 2.48. The smallest absolute Gasteiger partial charge is 0.246 e. The van der Waals surface area contributed by atoms with Crippen molar-refractivity contribution in [3.05, 3.63) is 36.2 Å². The number of carbonyl (C=O) groups is 1. The number of hydrogen-bond acceptors (Lipinski definition) is 6. The Bertz CT molecular complexity index is 817. The lowest BCUT2D eigenvalue weighted by Crippen LogP contribution is -2.61. The Morgan fingerprint density at radius 1 is 1.22 bits per heavy atom. The molecule has 1 aromatic heterocycles. The van der Waals surface area contributed by atoms with Crippen LogP contribution in [0.15, 0.2) is 30.6 Å². The fourth-order valence-electron chi connectivity index (χ4n) is 5.42. The number of amides is 1. The number of tetrazole rings is 1. The van der Waals surface area contributed by atoms with Crippen LogP contribution in [-0.2, 0) is 11.3 Å². The van der Waals surface area contributed by atoms with E-state index in [0.29, 0.717) is 12.0 Å². The van der Waals surface area contributed by atoms with Crippen molar-refractivity contribution >= 4 is 5.91 Å². The first-order chi connectivity index (χ1) is 13.3. The molecule has 27 heavy (non-hydrogen) atoms. The summed E-state index contributed by atoms with van der Waals surface area (Å²) in [5.74, 6) is 1.83. The van der Waals surface area contributed by atoms with Crippen LogP contribution in [0.2, 0.25) is 0 Å². The molecule has 0 spiro atoms. The van der Waals surface area contributed by atoms with Crippen LogP contribution < -0.4 is 4.74 Å². The molecule has 0 aliphatic carbocycles. The summed E-state index contributed by atoms with van der Waals surface area (Å²) in [5.41, 5.74) is 1.21. The van der Waals surface area contributed by atoms with E-state index in [0.717, 1.165) is 25.4 Å². The van der Waals surface area contributed by atoms with Crippen molar-refractivity contribution in [2.45, 2.75) is 37.4 Å². The first kappa shape index (κ1) is 16.7. The average molecular weight is 368 g/mol. The minimum absolute atomic E-state index is 0.0779. The number of aromatic nitrogens is 4. The summed E-state index contributed by atoms with van der Waals surface area (Å²) in [6.45, 7) is 3.12. The Labute approximate surface area is 158 Å². The number of ether oxygens (including phenoxy) is 1. The third-order valence-electron chi connectivity index (χ3n) is 6.52. The Balaban J connectivity index is 1.49. The first-order valence-corrected chi connectivity index (χ1v) is 9.63. The van der Waals surface area contributed by atoms with Gasteiger partial charge in [-0.3, -0.25) is 9.69 Å². The number of carbonyl (C=O) groups excluding carboxylic acids is 1. The summed E-state index contributed by atoms with van der Waals surface area (Å²) in [7, 11) is 1.72. The molecule has 4 fully saturated rings. The number of piperidine rings is 3. The van der Waals surface area contributed by atoms with Gasteiger partial charge in [-0.15, -0.1) is 10.2 Å². The monoisotopic (exact) mass is 368 g/mol. The Kier molecular flexibility index (Phi) is 4.07. The summed E-state index contributed by atoms with van der Waals surface area (Å²) in [6.07, 6.45) is 3.71. The molecule has 8 nitrogen and oxygen atoms in total. The first-order valence-electron chi connectivity index (χ1n) is 9.63. The number of nitrogens with zero attached hydrogens (tertiary/aromatic N) is 6. The van der Waals surface area contributed by atoms with Gasteiger partial charge in [0.2, 0.25) is 5.91 Å². The van der Waals surface area contributed by atoms with Crippen molar-refractivity contribution in [3.8, 4) is 5.75 Å². The molecule has 2 bridgehead atoms. The maximum atomic E-state index is 13.1. The molecule has 1 amide bonds. The molecular weight excluding hydrogens is 344 g/mol. The summed E-state index contributed by atoms with van der Waals surface area (Å²) >= 11 is 0. The van der Waals surface area contributed by atoms with Gasteiger partial charge >= 0.3 is 0 Å². The van der Waals surface area contributed by atoms with Crippen LogP contribution in [0, 0.1) is 5.92 Å². The Hall–Kier alpha value is -2.48. The molecule has 0 radical (unpaired) electrons. The minimum atomic E-state index is 0.0779. The van der Waals surface area contributed by atoms with Gasteiger partial charge < -0.3 is 9.64 Å². The molecule has 5 heterocycles. The van der Waals surface area contributed by atoms with E-state index in [-0.39, 0.29) is 24.4 Å². The predicted molar refractivity (Wildman–Crippen MR) is 97.1 cm³/mol. The zero-order valence-electron chi connectivity index (χ0n) is 15.4. The Morgan fingerprint density at radius 2 is 2.04 bits per heavy atom. The predicted octanol–water partition coefficient (Wildman–Crippen LogP) is 0.771. The van der Waals surface area contributed by atoms with Gasteiger partial charge in [-0.25, -0.2) is 0 Å². The van der Waals surface area contributed by atoms with Crippen molar-refractivity contribution in [2.75, 3.05) is 26.7 Å². The highest BCUT2D eigenvalue weighted by atomic mass is 16.5. The van der Waals surface area contributed by atoms with E-state index >= 15 is 0 Å². The SMILES string of the molecule is COc1ccccc1[C@@H]1CN(C(=O)Cn2ncnn2)[C@H]2C3CCN(CC3)[C@@H]12. The van der Waals surface area contributed by atoms with E-state index in [1.807, 2.05) is 12.1 Å². The number of likely N-dealkylation sites (tertiary alicyclic amines) is 1. The van der Waals surface area contributed by atoms with Gasteiger partial charge in [0.15, 0.2) is 6.33 Å². The van der Waals surface area contributed by atoms with Gasteiger partial charge in [0.25, 0.3) is 0 Å². The standard InChI is InChI=1S/C19H24N6O2/c1-27-16-5-3-2-4-14(16)15-10-24(17(26)11-25-21-12-20-22-25)18-13-6-8-23(9-7-13)19(15)18/h2-5,12-13,15,18-19H,6-11H2,1H3/t15-,18-,19-/m0/s1. The van der Waals surface area contributed by atoms with Crippen LogP contribution in [0.3, 0.4) is 0 Å². The van der Waals surface area contributed by atoms with Crippen LogP contribution >= 0.6 is 0 Å². The van der Waals surface area contributed by atoms with E-state index in [9.17, 15) is 4.79 Å². The molecule has 0 saturated carbocycles. The summed E-state index contributed by atoms with van der Waals surface area (Å²) < 4.78 is 5.64. The summed E-state index contributed by atoms with van der Waals surface area (Å²) in [4.78, 5) is 19.2. The molecule has 0 unspecified atom stereocenters. The van der Waals surface area contributed by atoms with Gasteiger partial charge in [0, 0.05) is 24.1 Å². The molecule has 0 N–H and O–H groups in total. The molecule has 4 aliphatic rings. The molecular formula is C19H24N6O2. The molecule has 1 aromatic carbocycles. The lowest BCUT2D eigenvalue weighted by Gasteiger charge is -2.51. The van der Waals surface area contributed by atoms with Crippen LogP contribution in [0.1, 0.15) is 24.3 Å². The molecule has 2 aromatic rings. The van der Waals surface area contributed by atoms with E-state index < -0.39 is 0 Å². The second-order valence-corrected chi connectivity index (χ2v) is 7.72. The van der Waals surface area contributed by atoms with Gasteiger partial charge in [-0.1, -0.05) is 18.2 Å².